The highest BCUT2D eigenvalue weighted by atomic mass is 32.1. The summed E-state index contributed by atoms with van der Waals surface area (Å²) < 4.78 is 2.90. The summed E-state index contributed by atoms with van der Waals surface area (Å²) in [5, 5.41) is 12.8. The topological polar surface area (TPSA) is 67.2 Å². The van der Waals surface area contributed by atoms with Crippen molar-refractivity contribution in [3.8, 4) is 5.13 Å². The van der Waals surface area contributed by atoms with Crippen molar-refractivity contribution in [3.63, 3.8) is 0 Å². The van der Waals surface area contributed by atoms with Crippen LogP contribution in [0.4, 0.5) is 0 Å². The van der Waals surface area contributed by atoms with Crippen LogP contribution in [0.15, 0.2) is 42.7 Å². The molecule has 108 valence electrons. The Bertz CT molecular complexity index is 762. The minimum atomic E-state index is -0.554. The van der Waals surface area contributed by atoms with Gasteiger partial charge < -0.3 is 15.0 Å². The molecule has 5 nitrogen and oxygen atoms in total. The van der Waals surface area contributed by atoms with Crippen molar-refractivity contribution >= 4 is 27.5 Å². The lowest BCUT2D eigenvalue weighted by molar-refractivity contribution is 0.0924. The number of thiazole rings is 1. The Morgan fingerprint density at radius 1 is 1.43 bits per heavy atom. The van der Waals surface area contributed by atoms with Crippen LogP contribution in [-0.2, 0) is 0 Å². The lowest BCUT2D eigenvalue weighted by Gasteiger charge is -2.06. The fourth-order valence-corrected chi connectivity index (χ4v) is 2.94. The Labute approximate surface area is 125 Å². The zero-order chi connectivity index (χ0) is 14.8. The van der Waals surface area contributed by atoms with Crippen LogP contribution in [0.25, 0.3) is 15.3 Å². The molecular weight excluding hydrogens is 286 g/mol. The Morgan fingerprint density at radius 2 is 2.19 bits per heavy atom. The van der Waals surface area contributed by atoms with Gasteiger partial charge in [0.25, 0.3) is 5.91 Å². The molecule has 0 aliphatic rings. The first-order valence-corrected chi connectivity index (χ1v) is 7.45. The van der Waals surface area contributed by atoms with E-state index in [0.717, 1.165) is 15.3 Å². The molecule has 0 fully saturated rings. The van der Waals surface area contributed by atoms with Gasteiger partial charge >= 0.3 is 0 Å². The normalized spacial score (nSPS) is 12.5. The van der Waals surface area contributed by atoms with Gasteiger partial charge in [0.2, 0.25) is 0 Å². The van der Waals surface area contributed by atoms with E-state index in [0.29, 0.717) is 5.56 Å². The smallest absolute Gasteiger partial charge is 0.251 e. The summed E-state index contributed by atoms with van der Waals surface area (Å²) in [5.41, 5.74) is 1.45. The number of hydrogen-bond acceptors (Lipinski definition) is 4. The third-order valence-corrected chi connectivity index (χ3v) is 4.05. The van der Waals surface area contributed by atoms with Gasteiger partial charge in [-0.15, -0.1) is 0 Å². The van der Waals surface area contributed by atoms with Gasteiger partial charge in [-0.3, -0.25) is 4.79 Å². The first-order chi connectivity index (χ1) is 10.1. The molecule has 0 aliphatic carbocycles. The van der Waals surface area contributed by atoms with Crippen molar-refractivity contribution in [1.29, 1.82) is 0 Å². The second-order valence-electron chi connectivity index (χ2n) is 4.83. The average molecular weight is 301 g/mol. The maximum Gasteiger partial charge on any atom is 0.251 e. The summed E-state index contributed by atoms with van der Waals surface area (Å²) in [6.45, 7) is 1.88. The van der Waals surface area contributed by atoms with Crippen LogP contribution in [-0.4, -0.2) is 33.2 Å². The summed E-state index contributed by atoms with van der Waals surface area (Å²) in [6, 6.07) is 9.31. The van der Waals surface area contributed by atoms with Gasteiger partial charge in [-0.25, -0.2) is 4.98 Å². The SMILES string of the molecule is CC(O)CNC(=O)c1ccc2nc(-n3cccc3)sc2c1. The molecular formula is C15H15N3O2S. The van der Waals surface area contributed by atoms with Crippen LogP contribution < -0.4 is 5.32 Å². The van der Waals surface area contributed by atoms with E-state index < -0.39 is 6.10 Å². The van der Waals surface area contributed by atoms with E-state index >= 15 is 0 Å². The molecule has 21 heavy (non-hydrogen) atoms. The number of hydrogen-bond donors (Lipinski definition) is 2. The summed E-state index contributed by atoms with van der Waals surface area (Å²) in [6.07, 6.45) is 3.32. The monoisotopic (exact) mass is 301 g/mol. The zero-order valence-corrected chi connectivity index (χ0v) is 12.3. The molecule has 2 N–H and O–H groups in total. The number of aliphatic hydroxyl groups is 1. The van der Waals surface area contributed by atoms with Gasteiger partial charge in [-0.2, -0.15) is 0 Å². The number of carbonyl (C=O) groups is 1. The van der Waals surface area contributed by atoms with Crippen molar-refractivity contribution in [2.24, 2.45) is 0 Å². The Morgan fingerprint density at radius 3 is 2.90 bits per heavy atom. The first-order valence-electron chi connectivity index (χ1n) is 6.63. The number of amides is 1. The molecule has 3 rings (SSSR count). The molecule has 0 bridgehead atoms. The molecule has 1 atom stereocenters. The highest BCUT2D eigenvalue weighted by molar-refractivity contribution is 7.20. The number of aliphatic hydroxyl groups excluding tert-OH is 1. The molecule has 1 amide bonds. The van der Waals surface area contributed by atoms with Gasteiger partial charge in [0.15, 0.2) is 5.13 Å². The minimum Gasteiger partial charge on any atom is -0.392 e. The lowest BCUT2D eigenvalue weighted by Crippen LogP contribution is -2.30. The van der Waals surface area contributed by atoms with E-state index in [4.69, 9.17) is 0 Å². The molecule has 0 saturated carbocycles. The van der Waals surface area contributed by atoms with Crippen LogP contribution in [0.3, 0.4) is 0 Å². The molecule has 0 spiro atoms. The Balaban J connectivity index is 1.88. The predicted molar refractivity (Wildman–Crippen MR) is 83.0 cm³/mol. The van der Waals surface area contributed by atoms with Crippen molar-refractivity contribution < 1.29 is 9.90 Å². The molecule has 6 heteroatoms. The quantitative estimate of drug-likeness (QED) is 0.776. The number of nitrogens with one attached hydrogen (secondary N) is 1. The number of aromatic nitrogens is 2. The second kappa shape index (κ2) is 5.67. The van der Waals surface area contributed by atoms with E-state index in [2.05, 4.69) is 10.3 Å². The number of carbonyl (C=O) groups excluding carboxylic acids is 1. The maximum atomic E-state index is 12.0. The number of nitrogens with zero attached hydrogens (tertiary/aromatic N) is 2. The summed E-state index contributed by atoms with van der Waals surface area (Å²) in [5.74, 6) is -0.186. The molecule has 2 heterocycles. The van der Waals surface area contributed by atoms with Gasteiger partial charge in [0.05, 0.1) is 16.3 Å². The fraction of sp³-hybridized carbons (Fsp3) is 0.200. The third kappa shape index (κ3) is 2.96. The van der Waals surface area contributed by atoms with E-state index in [1.54, 1.807) is 13.0 Å². The van der Waals surface area contributed by atoms with Gasteiger partial charge in [0.1, 0.15) is 0 Å². The van der Waals surface area contributed by atoms with Crippen molar-refractivity contribution in [2.75, 3.05) is 6.54 Å². The summed E-state index contributed by atoms with van der Waals surface area (Å²) >= 11 is 1.53. The van der Waals surface area contributed by atoms with E-state index in [1.165, 1.54) is 11.3 Å². The molecule has 0 radical (unpaired) electrons. The third-order valence-electron chi connectivity index (χ3n) is 3.02. The maximum absolute atomic E-state index is 12.0. The molecule has 0 aliphatic heterocycles. The second-order valence-corrected chi connectivity index (χ2v) is 5.84. The standard InChI is InChI=1S/C15H15N3O2S/c1-10(19)9-16-14(20)11-4-5-12-13(8-11)21-15(17-12)18-6-2-3-7-18/h2-8,10,19H,9H2,1H3,(H,16,20). The minimum absolute atomic E-state index is 0.186. The van der Waals surface area contributed by atoms with Crippen LogP contribution in [0.2, 0.25) is 0 Å². The van der Waals surface area contributed by atoms with E-state index in [-0.39, 0.29) is 12.5 Å². The highest BCUT2D eigenvalue weighted by Gasteiger charge is 2.10. The highest BCUT2D eigenvalue weighted by Crippen LogP contribution is 2.25. The van der Waals surface area contributed by atoms with Crippen LogP contribution in [0.5, 0.6) is 0 Å². The average Bonchev–Trinajstić information content (AvgIpc) is 3.11. The zero-order valence-electron chi connectivity index (χ0n) is 11.5. The molecule has 1 aromatic carbocycles. The molecule has 0 saturated heterocycles. The lowest BCUT2D eigenvalue weighted by atomic mass is 10.2. The number of rotatable bonds is 4. The number of benzene rings is 1. The van der Waals surface area contributed by atoms with Gasteiger partial charge in [-0.05, 0) is 37.3 Å². The van der Waals surface area contributed by atoms with Crippen LogP contribution in [0.1, 0.15) is 17.3 Å². The van der Waals surface area contributed by atoms with Crippen LogP contribution in [0, 0.1) is 0 Å². The Hall–Kier alpha value is -2.18. The number of fused-ring (bicyclic) bond motifs is 1. The Kier molecular flexibility index (Phi) is 3.72. The van der Waals surface area contributed by atoms with Gasteiger partial charge in [-0.1, -0.05) is 11.3 Å². The fourth-order valence-electron chi connectivity index (χ4n) is 1.97. The first kappa shape index (κ1) is 13.8. The van der Waals surface area contributed by atoms with Crippen molar-refractivity contribution in [2.45, 2.75) is 13.0 Å². The van der Waals surface area contributed by atoms with Gasteiger partial charge in [0, 0.05) is 24.5 Å². The van der Waals surface area contributed by atoms with Crippen molar-refractivity contribution in [3.05, 3.63) is 48.3 Å². The molecule has 2 aromatic heterocycles. The summed E-state index contributed by atoms with van der Waals surface area (Å²) in [7, 11) is 0. The van der Waals surface area contributed by atoms with Crippen molar-refractivity contribution in [1.82, 2.24) is 14.9 Å². The van der Waals surface area contributed by atoms with E-state index in [9.17, 15) is 9.90 Å². The molecule has 3 aromatic rings. The largest absolute Gasteiger partial charge is 0.392 e. The van der Waals surface area contributed by atoms with E-state index in [1.807, 2.05) is 41.2 Å². The predicted octanol–water partition coefficient (Wildman–Crippen LogP) is 2.20. The van der Waals surface area contributed by atoms with Crippen LogP contribution >= 0.6 is 11.3 Å². The molecule has 1 unspecified atom stereocenters. The summed E-state index contributed by atoms with van der Waals surface area (Å²) in [4.78, 5) is 16.5.